The van der Waals surface area contributed by atoms with Crippen LogP contribution in [0.25, 0.3) is 17.1 Å². The van der Waals surface area contributed by atoms with Gasteiger partial charge < -0.3 is 18.8 Å². The molecule has 1 amide bonds. The molecule has 2 aliphatic rings. The lowest BCUT2D eigenvalue weighted by Gasteiger charge is -2.34. The van der Waals surface area contributed by atoms with Crippen molar-refractivity contribution in [2.24, 2.45) is 0 Å². The SMILES string of the molecule is Cc1ccc(-c2cc(C(=O)N3CCN(Cc4ccc5c(c4)OCO5)CC3)n(-c3ccc(F)cc3)n2)o1. The molecule has 36 heavy (non-hydrogen) atoms. The molecule has 4 heterocycles. The summed E-state index contributed by atoms with van der Waals surface area (Å²) in [5.41, 5.74) is 2.72. The van der Waals surface area contributed by atoms with Gasteiger partial charge in [0.15, 0.2) is 17.3 Å². The van der Waals surface area contributed by atoms with E-state index in [1.807, 2.05) is 42.2 Å². The van der Waals surface area contributed by atoms with Crippen LogP contribution in [-0.2, 0) is 6.54 Å². The normalized spacial score (nSPS) is 15.4. The predicted octanol–water partition coefficient (Wildman–Crippen LogP) is 4.27. The van der Waals surface area contributed by atoms with Crippen molar-refractivity contribution in [1.29, 1.82) is 0 Å². The predicted molar refractivity (Wildman–Crippen MR) is 130 cm³/mol. The van der Waals surface area contributed by atoms with E-state index < -0.39 is 0 Å². The molecule has 0 radical (unpaired) electrons. The number of benzene rings is 2. The van der Waals surface area contributed by atoms with Crippen LogP contribution in [0.15, 0.2) is 65.1 Å². The third kappa shape index (κ3) is 4.33. The van der Waals surface area contributed by atoms with E-state index in [0.29, 0.717) is 35.9 Å². The van der Waals surface area contributed by atoms with Gasteiger partial charge in [-0.1, -0.05) is 6.07 Å². The average molecular weight is 489 g/mol. The molecule has 0 aliphatic carbocycles. The molecule has 8 nitrogen and oxygen atoms in total. The zero-order chi connectivity index (χ0) is 24.6. The maximum Gasteiger partial charge on any atom is 0.272 e. The van der Waals surface area contributed by atoms with Gasteiger partial charge in [-0.05, 0) is 61.0 Å². The molecule has 2 aliphatic heterocycles. The molecular weight excluding hydrogens is 463 g/mol. The molecule has 0 N–H and O–H groups in total. The molecule has 2 aromatic carbocycles. The van der Waals surface area contributed by atoms with Crippen LogP contribution in [0.2, 0.25) is 0 Å². The van der Waals surface area contributed by atoms with Crippen LogP contribution in [0.3, 0.4) is 0 Å². The average Bonchev–Trinajstić information content (AvgIpc) is 3.64. The van der Waals surface area contributed by atoms with Crippen molar-refractivity contribution in [2.75, 3.05) is 33.0 Å². The molecule has 1 fully saturated rings. The first-order valence-electron chi connectivity index (χ1n) is 11.9. The van der Waals surface area contributed by atoms with Gasteiger partial charge in [-0.3, -0.25) is 9.69 Å². The van der Waals surface area contributed by atoms with Gasteiger partial charge in [0.25, 0.3) is 5.91 Å². The summed E-state index contributed by atoms with van der Waals surface area (Å²) < 4.78 is 31.7. The van der Waals surface area contributed by atoms with Crippen molar-refractivity contribution in [2.45, 2.75) is 13.5 Å². The molecule has 0 spiro atoms. The Morgan fingerprint density at radius 3 is 2.47 bits per heavy atom. The Bertz CT molecular complexity index is 1400. The summed E-state index contributed by atoms with van der Waals surface area (Å²) in [6.45, 7) is 5.56. The fraction of sp³-hybridized carbons (Fsp3) is 0.259. The molecule has 0 atom stereocenters. The molecular formula is C27H25FN4O4. The van der Waals surface area contributed by atoms with E-state index in [4.69, 9.17) is 13.9 Å². The zero-order valence-corrected chi connectivity index (χ0v) is 19.8. The second-order valence-corrected chi connectivity index (χ2v) is 8.97. The third-order valence-electron chi connectivity index (χ3n) is 6.50. The highest BCUT2D eigenvalue weighted by atomic mass is 19.1. The summed E-state index contributed by atoms with van der Waals surface area (Å²) in [4.78, 5) is 17.8. The number of fused-ring (bicyclic) bond motifs is 1. The number of aromatic nitrogens is 2. The van der Waals surface area contributed by atoms with Crippen molar-refractivity contribution >= 4 is 5.91 Å². The van der Waals surface area contributed by atoms with Crippen LogP contribution >= 0.6 is 0 Å². The van der Waals surface area contributed by atoms with Gasteiger partial charge in [0.2, 0.25) is 6.79 Å². The van der Waals surface area contributed by atoms with Crippen LogP contribution in [0.1, 0.15) is 21.8 Å². The first kappa shape index (κ1) is 22.4. The minimum Gasteiger partial charge on any atom is -0.460 e. The summed E-state index contributed by atoms with van der Waals surface area (Å²) in [6, 6.07) is 17.4. The molecule has 4 aromatic rings. The van der Waals surface area contributed by atoms with Crippen molar-refractivity contribution in [1.82, 2.24) is 19.6 Å². The van der Waals surface area contributed by atoms with Crippen LogP contribution < -0.4 is 9.47 Å². The number of ether oxygens (including phenoxy) is 2. The molecule has 2 aromatic heterocycles. The summed E-state index contributed by atoms with van der Waals surface area (Å²) >= 11 is 0. The highest BCUT2D eigenvalue weighted by Gasteiger charge is 2.27. The van der Waals surface area contributed by atoms with Crippen molar-refractivity contribution in [3.63, 3.8) is 0 Å². The standard InChI is InChI=1S/C27H25FN4O4/c1-18-2-8-24(36-18)22-15-23(32(29-22)21-6-4-20(28)5-7-21)27(33)31-12-10-30(11-13-31)16-19-3-9-25-26(14-19)35-17-34-25/h2-9,14-15H,10-13,16-17H2,1H3. The van der Waals surface area contributed by atoms with Crippen LogP contribution in [0, 0.1) is 12.7 Å². The molecule has 0 bridgehead atoms. The number of furan rings is 1. The summed E-state index contributed by atoms with van der Waals surface area (Å²) in [7, 11) is 0. The maximum absolute atomic E-state index is 13.6. The van der Waals surface area contributed by atoms with Gasteiger partial charge in [0.1, 0.15) is 23.0 Å². The summed E-state index contributed by atoms with van der Waals surface area (Å²) in [5, 5.41) is 4.63. The van der Waals surface area contributed by atoms with E-state index in [1.54, 1.807) is 22.9 Å². The molecule has 9 heteroatoms. The van der Waals surface area contributed by atoms with Gasteiger partial charge in [-0.2, -0.15) is 5.10 Å². The highest BCUT2D eigenvalue weighted by molar-refractivity contribution is 5.94. The van der Waals surface area contributed by atoms with Crippen LogP contribution in [-0.4, -0.2) is 58.5 Å². The monoisotopic (exact) mass is 488 g/mol. The number of nitrogens with zero attached hydrogens (tertiary/aromatic N) is 4. The van der Waals surface area contributed by atoms with Gasteiger partial charge in [0, 0.05) is 38.8 Å². The fourth-order valence-corrected chi connectivity index (χ4v) is 4.57. The number of piperazine rings is 1. The minimum absolute atomic E-state index is 0.121. The number of carbonyl (C=O) groups is 1. The molecule has 0 unspecified atom stereocenters. The second kappa shape index (κ2) is 9.16. The fourth-order valence-electron chi connectivity index (χ4n) is 4.57. The Morgan fingerprint density at radius 2 is 1.72 bits per heavy atom. The molecule has 0 saturated carbocycles. The van der Waals surface area contributed by atoms with E-state index in [-0.39, 0.29) is 18.5 Å². The number of hydrogen-bond acceptors (Lipinski definition) is 6. The summed E-state index contributed by atoms with van der Waals surface area (Å²) in [6.07, 6.45) is 0. The van der Waals surface area contributed by atoms with E-state index in [0.717, 1.165) is 42.5 Å². The number of amides is 1. The lowest BCUT2D eigenvalue weighted by molar-refractivity contribution is 0.0619. The van der Waals surface area contributed by atoms with Crippen LogP contribution in [0.5, 0.6) is 11.5 Å². The van der Waals surface area contributed by atoms with Crippen molar-refractivity contribution in [3.05, 3.63) is 83.5 Å². The van der Waals surface area contributed by atoms with Gasteiger partial charge in [0.05, 0.1) is 5.69 Å². The Labute approximate surface area is 207 Å². The topological polar surface area (TPSA) is 73.0 Å². The number of halogens is 1. The Kier molecular flexibility index (Phi) is 5.69. The molecule has 184 valence electrons. The number of aryl methyl sites for hydroxylation is 1. The van der Waals surface area contributed by atoms with Crippen molar-refractivity contribution in [3.8, 4) is 28.6 Å². The van der Waals surface area contributed by atoms with E-state index in [2.05, 4.69) is 10.00 Å². The van der Waals surface area contributed by atoms with Crippen LogP contribution in [0.4, 0.5) is 4.39 Å². The minimum atomic E-state index is -0.348. The quantitative estimate of drug-likeness (QED) is 0.418. The lowest BCUT2D eigenvalue weighted by atomic mass is 10.1. The number of rotatable bonds is 5. The van der Waals surface area contributed by atoms with Gasteiger partial charge in [-0.25, -0.2) is 9.07 Å². The smallest absolute Gasteiger partial charge is 0.272 e. The Balaban J connectivity index is 1.20. The summed E-state index contributed by atoms with van der Waals surface area (Å²) in [5.74, 6) is 2.42. The van der Waals surface area contributed by atoms with Crippen molar-refractivity contribution < 1.29 is 23.1 Å². The molecule has 6 rings (SSSR count). The largest absolute Gasteiger partial charge is 0.460 e. The number of carbonyl (C=O) groups excluding carboxylic acids is 1. The van der Waals surface area contributed by atoms with Gasteiger partial charge in [-0.15, -0.1) is 0 Å². The Morgan fingerprint density at radius 1 is 0.944 bits per heavy atom. The Hall–Kier alpha value is -4.11. The van der Waals surface area contributed by atoms with E-state index in [1.165, 1.54) is 12.1 Å². The highest BCUT2D eigenvalue weighted by Crippen LogP contribution is 2.33. The second-order valence-electron chi connectivity index (χ2n) is 8.97. The lowest BCUT2D eigenvalue weighted by Crippen LogP contribution is -2.48. The molecule has 1 saturated heterocycles. The van der Waals surface area contributed by atoms with Gasteiger partial charge >= 0.3 is 0 Å². The van der Waals surface area contributed by atoms with E-state index >= 15 is 0 Å². The first-order valence-corrected chi connectivity index (χ1v) is 11.9. The van der Waals surface area contributed by atoms with E-state index in [9.17, 15) is 9.18 Å². The third-order valence-corrected chi connectivity index (χ3v) is 6.50. The maximum atomic E-state index is 13.6. The number of hydrogen-bond donors (Lipinski definition) is 0. The zero-order valence-electron chi connectivity index (χ0n) is 19.8. The first-order chi connectivity index (χ1) is 17.5.